The Morgan fingerprint density at radius 1 is 1.15 bits per heavy atom. The van der Waals surface area contributed by atoms with Gasteiger partial charge in [0.05, 0.1) is 0 Å². The van der Waals surface area contributed by atoms with Crippen LogP contribution >= 0.6 is 0 Å². The fourth-order valence-electron chi connectivity index (χ4n) is 3.22. The van der Waals surface area contributed by atoms with E-state index in [9.17, 15) is 0 Å². The molecule has 1 aliphatic carbocycles. The number of nitrogens with zero attached hydrogens (tertiary/aromatic N) is 1. The van der Waals surface area contributed by atoms with Gasteiger partial charge in [-0.2, -0.15) is 0 Å². The number of hydrogen-bond donors (Lipinski definition) is 0. The lowest BCUT2D eigenvalue weighted by Gasteiger charge is -2.27. The summed E-state index contributed by atoms with van der Waals surface area (Å²) in [6.45, 7) is 0. The average molecular weight is 176 g/mol. The highest BCUT2D eigenvalue weighted by atomic mass is 15.4. The molecule has 1 saturated carbocycles. The van der Waals surface area contributed by atoms with Gasteiger partial charge in [-0.15, -0.1) is 0 Å². The molecule has 1 fully saturated rings. The minimum atomic E-state index is 0.172. The second kappa shape index (κ2) is 2.37. The quantitative estimate of drug-likeness (QED) is 0.507. The van der Waals surface area contributed by atoms with Crippen molar-refractivity contribution >= 4 is 5.71 Å². The van der Waals surface area contributed by atoms with Crippen LogP contribution in [0.15, 0.2) is 11.6 Å². The first-order valence-electron chi connectivity index (χ1n) is 5.41. The molecule has 70 valence electrons. The molecule has 1 unspecified atom stereocenters. The molecule has 0 saturated heterocycles. The summed E-state index contributed by atoms with van der Waals surface area (Å²) in [5, 5.41) is 0. The van der Waals surface area contributed by atoms with E-state index in [1.54, 1.807) is 5.57 Å². The Labute approximate surface area is 79.1 Å². The Hall–Kier alpha value is -0.790. The molecular weight excluding hydrogens is 160 g/mol. The molecule has 0 aromatic rings. The maximum Gasteiger partial charge on any atom is 0.179 e. The summed E-state index contributed by atoms with van der Waals surface area (Å²) >= 11 is 0. The van der Waals surface area contributed by atoms with Crippen LogP contribution in [-0.2, 0) is 0 Å². The number of allylic oxidation sites excluding steroid dienone is 1. The number of rotatable bonds is 0. The molecule has 0 radical (unpaired) electrons. The van der Waals surface area contributed by atoms with E-state index >= 15 is 0 Å². The van der Waals surface area contributed by atoms with Gasteiger partial charge in [0.2, 0.25) is 0 Å². The molecule has 2 heterocycles. The summed E-state index contributed by atoms with van der Waals surface area (Å²) in [5.74, 6) is 8.06. The van der Waals surface area contributed by atoms with Crippen LogP contribution in [0.5, 0.6) is 0 Å². The van der Waals surface area contributed by atoms with Crippen LogP contribution in [0.2, 0.25) is 0 Å². The zero-order valence-electron chi connectivity index (χ0n) is 7.97. The summed E-state index contributed by atoms with van der Waals surface area (Å²) in [6, 6.07) is 0. The van der Waals surface area contributed by atoms with Gasteiger partial charge >= 0.3 is 0 Å². The molecule has 0 aromatic heterocycles. The molecule has 0 amide bonds. The van der Waals surface area contributed by atoms with Gasteiger partial charge < -0.3 is 5.84 Å². The van der Waals surface area contributed by atoms with Crippen LogP contribution in [0.3, 0.4) is 0 Å². The molecule has 2 heteroatoms. The predicted molar refractivity (Wildman–Crippen MR) is 52.7 cm³/mol. The lowest BCUT2D eigenvalue weighted by Crippen LogP contribution is -2.34. The van der Waals surface area contributed by atoms with Crippen LogP contribution in [0, 0.1) is 0 Å². The molecule has 0 aromatic carbocycles. The second-order valence-electron chi connectivity index (χ2n) is 4.59. The first-order valence-corrected chi connectivity index (χ1v) is 5.41. The van der Waals surface area contributed by atoms with Crippen molar-refractivity contribution in [1.29, 1.82) is 0 Å². The molecule has 2 aliphatic heterocycles. The lowest BCUT2D eigenvalue weighted by molar-refractivity contribution is -0.526. The highest BCUT2D eigenvalue weighted by molar-refractivity contribution is 5.95. The standard InChI is InChI=1S/C11H16N2/c12-13-10-5-7-11(13)6-3-1-2-4-9(11)8-10/h8,12H,1-7H2. The van der Waals surface area contributed by atoms with Crippen molar-refractivity contribution < 1.29 is 4.68 Å². The smallest absolute Gasteiger partial charge is 0.179 e. The minimum absolute atomic E-state index is 0.172. The van der Waals surface area contributed by atoms with Crippen LogP contribution in [0.1, 0.15) is 44.9 Å². The van der Waals surface area contributed by atoms with E-state index in [-0.39, 0.29) is 5.54 Å². The van der Waals surface area contributed by atoms with Crippen LogP contribution in [-0.4, -0.2) is 15.9 Å². The van der Waals surface area contributed by atoms with E-state index in [1.165, 1.54) is 44.2 Å². The number of hydrogen-bond acceptors (Lipinski definition) is 0. The van der Waals surface area contributed by atoms with Crippen molar-refractivity contribution in [3.63, 3.8) is 0 Å². The Balaban J connectivity index is 2.06. The minimum Gasteiger partial charge on any atom is -0.454 e. The largest absolute Gasteiger partial charge is 0.454 e. The third kappa shape index (κ3) is 0.812. The van der Waals surface area contributed by atoms with Gasteiger partial charge in [0.1, 0.15) is 0 Å². The predicted octanol–water partition coefficient (Wildman–Crippen LogP) is 2.84. The van der Waals surface area contributed by atoms with Crippen molar-refractivity contribution in [2.24, 2.45) is 0 Å². The molecule has 2 bridgehead atoms. The third-order valence-corrected chi connectivity index (χ3v) is 3.99. The third-order valence-electron chi connectivity index (χ3n) is 3.99. The fourth-order valence-corrected chi connectivity index (χ4v) is 3.22. The Kier molecular flexibility index (Phi) is 1.38. The first kappa shape index (κ1) is 7.60. The van der Waals surface area contributed by atoms with Crippen molar-refractivity contribution in [2.45, 2.75) is 50.5 Å². The monoisotopic (exact) mass is 176 g/mol. The van der Waals surface area contributed by atoms with Gasteiger partial charge in [-0.05, 0) is 19.3 Å². The van der Waals surface area contributed by atoms with Crippen molar-refractivity contribution in [1.82, 2.24) is 0 Å². The molecule has 1 atom stereocenters. The Bertz CT molecular complexity index is 314. The maximum atomic E-state index is 8.06. The molecule has 3 aliphatic rings. The molecular formula is C11H16N2. The van der Waals surface area contributed by atoms with Gasteiger partial charge in [-0.3, -0.25) is 4.68 Å². The second-order valence-corrected chi connectivity index (χ2v) is 4.59. The Morgan fingerprint density at radius 2 is 2.08 bits per heavy atom. The average Bonchev–Trinajstić information content (AvgIpc) is 2.50. The van der Waals surface area contributed by atoms with Crippen LogP contribution < -0.4 is 0 Å². The van der Waals surface area contributed by atoms with Crippen LogP contribution in [0.4, 0.5) is 0 Å². The van der Waals surface area contributed by atoms with Gasteiger partial charge in [0.15, 0.2) is 11.3 Å². The van der Waals surface area contributed by atoms with Crippen molar-refractivity contribution in [2.75, 3.05) is 0 Å². The van der Waals surface area contributed by atoms with E-state index in [2.05, 4.69) is 6.08 Å². The van der Waals surface area contributed by atoms with E-state index in [1.807, 2.05) is 4.68 Å². The van der Waals surface area contributed by atoms with Gasteiger partial charge in [0.25, 0.3) is 0 Å². The summed E-state index contributed by atoms with van der Waals surface area (Å²) in [4.78, 5) is 0. The molecule has 1 N–H and O–H groups in total. The van der Waals surface area contributed by atoms with E-state index in [4.69, 9.17) is 5.84 Å². The van der Waals surface area contributed by atoms with Gasteiger partial charge in [-0.1, -0.05) is 6.42 Å². The molecule has 3 rings (SSSR count). The first-order chi connectivity index (χ1) is 6.33. The summed E-state index contributed by atoms with van der Waals surface area (Å²) in [5.41, 5.74) is 3.02. The van der Waals surface area contributed by atoms with Gasteiger partial charge in [0, 0.05) is 30.9 Å². The van der Waals surface area contributed by atoms with E-state index < -0.39 is 0 Å². The zero-order valence-corrected chi connectivity index (χ0v) is 7.97. The topological polar surface area (TPSA) is 26.8 Å². The maximum absolute atomic E-state index is 8.06. The van der Waals surface area contributed by atoms with Crippen molar-refractivity contribution in [3.05, 3.63) is 17.5 Å². The highest BCUT2D eigenvalue weighted by Crippen LogP contribution is 2.46. The molecule has 13 heavy (non-hydrogen) atoms. The van der Waals surface area contributed by atoms with E-state index in [0.29, 0.717) is 0 Å². The molecule has 2 nitrogen and oxygen atoms in total. The SMILES string of the molecule is [NH-][N+]1=C2C=C3CCCCCC31CC2. The fraction of sp³-hybridized carbons (Fsp3) is 0.727. The zero-order chi connectivity index (χ0) is 8.89. The normalized spacial score (nSPS) is 37.4. The summed E-state index contributed by atoms with van der Waals surface area (Å²) < 4.78 is 1.83. The summed E-state index contributed by atoms with van der Waals surface area (Å²) in [6.07, 6.45) is 11.2. The lowest BCUT2D eigenvalue weighted by atomic mass is 9.81. The van der Waals surface area contributed by atoms with Crippen molar-refractivity contribution in [3.8, 4) is 0 Å². The van der Waals surface area contributed by atoms with Crippen LogP contribution in [0.25, 0.3) is 5.84 Å². The van der Waals surface area contributed by atoms with E-state index in [0.717, 1.165) is 6.42 Å². The van der Waals surface area contributed by atoms with Gasteiger partial charge in [-0.25, -0.2) is 0 Å². The summed E-state index contributed by atoms with van der Waals surface area (Å²) in [7, 11) is 0. The number of nitrogens with one attached hydrogen (secondary N) is 1. The Morgan fingerprint density at radius 3 is 2.92 bits per heavy atom. The highest BCUT2D eigenvalue weighted by Gasteiger charge is 2.51. The molecule has 1 spiro atoms.